The van der Waals surface area contributed by atoms with Crippen molar-refractivity contribution in [2.45, 2.75) is 0 Å². The van der Waals surface area contributed by atoms with Crippen LogP contribution in [0.1, 0.15) is 0 Å². The molecule has 84 valence electrons. The molecule has 0 amide bonds. The summed E-state index contributed by atoms with van der Waals surface area (Å²) < 4.78 is 5.29. The second-order valence-electron chi connectivity index (χ2n) is 3.72. The maximum atomic E-state index is 9.45. The molecule has 0 aliphatic heterocycles. The third-order valence-electron chi connectivity index (χ3n) is 2.55. The Balaban J connectivity index is 2.27. The molecule has 4 heteroatoms. The van der Waals surface area contributed by atoms with Crippen LogP contribution in [-0.4, -0.2) is 10.3 Å². The number of aromatic hydroxyl groups is 1. The molecule has 1 heterocycles. The minimum atomic E-state index is 0.189. The molecule has 0 unspecified atom stereocenters. The highest BCUT2D eigenvalue weighted by atomic mass is 35.5. The van der Waals surface area contributed by atoms with Gasteiger partial charge >= 0.3 is 0 Å². The van der Waals surface area contributed by atoms with Crippen molar-refractivity contribution in [3.05, 3.63) is 47.5 Å². The number of nitrogens with zero attached hydrogens (tertiary/aromatic N) is 1. The van der Waals surface area contributed by atoms with Gasteiger partial charge in [0.15, 0.2) is 5.76 Å². The Bertz CT molecular complexity index is 691. The van der Waals surface area contributed by atoms with Crippen LogP contribution in [0.25, 0.3) is 22.2 Å². The fraction of sp³-hybridized carbons (Fsp3) is 0. The third-order valence-corrected chi connectivity index (χ3v) is 2.78. The number of benzene rings is 2. The van der Waals surface area contributed by atoms with Crippen LogP contribution < -0.4 is 0 Å². The Labute approximate surface area is 102 Å². The van der Waals surface area contributed by atoms with Crippen molar-refractivity contribution in [3.63, 3.8) is 0 Å². The third kappa shape index (κ3) is 1.74. The summed E-state index contributed by atoms with van der Waals surface area (Å²) in [4.78, 5) is 0. The van der Waals surface area contributed by atoms with Gasteiger partial charge in [0.2, 0.25) is 0 Å². The molecule has 3 rings (SSSR count). The standard InChI is InChI=1S/C13H8ClNO2/c14-9-4-5-12-11(7-9)13(17-15-12)8-2-1-3-10(16)6-8/h1-7,16H. The molecule has 0 saturated heterocycles. The summed E-state index contributed by atoms with van der Waals surface area (Å²) in [7, 11) is 0. The highest BCUT2D eigenvalue weighted by Crippen LogP contribution is 2.31. The summed E-state index contributed by atoms with van der Waals surface area (Å²) in [6.45, 7) is 0. The summed E-state index contributed by atoms with van der Waals surface area (Å²) in [6.07, 6.45) is 0. The van der Waals surface area contributed by atoms with E-state index in [-0.39, 0.29) is 5.75 Å². The van der Waals surface area contributed by atoms with E-state index in [0.717, 1.165) is 16.5 Å². The van der Waals surface area contributed by atoms with Gasteiger partial charge < -0.3 is 9.63 Å². The maximum absolute atomic E-state index is 9.45. The largest absolute Gasteiger partial charge is 0.508 e. The Morgan fingerprint density at radius 1 is 1.12 bits per heavy atom. The molecular weight excluding hydrogens is 238 g/mol. The monoisotopic (exact) mass is 245 g/mol. The second-order valence-corrected chi connectivity index (χ2v) is 4.16. The lowest BCUT2D eigenvalue weighted by Gasteiger charge is -1.97. The lowest BCUT2D eigenvalue weighted by Crippen LogP contribution is -1.75. The second kappa shape index (κ2) is 3.79. The molecule has 0 aliphatic carbocycles. The van der Waals surface area contributed by atoms with E-state index in [1.54, 1.807) is 36.4 Å². The average molecular weight is 246 g/mol. The molecule has 0 spiro atoms. The van der Waals surface area contributed by atoms with Crippen LogP contribution in [0.2, 0.25) is 5.02 Å². The molecule has 2 aromatic carbocycles. The topological polar surface area (TPSA) is 46.3 Å². The smallest absolute Gasteiger partial charge is 0.174 e. The molecule has 3 nitrogen and oxygen atoms in total. The van der Waals surface area contributed by atoms with Crippen LogP contribution in [0.5, 0.6) is 5.75 Å². The van der Waals surface area contributed by atoms with Gasteiger partial charge in [-0.05, 0) is 30.3 Å². The lowest BCUT2D eigenvalue weighted by molar-refractivity contribution is 0.440. The number of phenols is 1. The van der Waals surface area contributed by atoms with Crippen molar-refractivity contribution in [1.29, 1.82) is 0 Å². The first-order valence-corrected chi connectivity index (χ1v) is 5.46. The first-order valence-electron chi connectivity index (χ1n) is 5.08. The van der Waals surface area contributed by atoms with Crippen molar-refractivity contribution < 1.29 is 9.63 Å². The van der Waals surface area contributed by atoms with Crippen LogP contribution in [-0.2, 0) is 0 Å². The number of fused-ring (bicyclic) bond motifs is 1. The molecule has 0 bridgehead atoms. The van der Waals surface area contributed by atoms with E-state index in [2.05, 4.69) is 5.16 Å². The van der Waals surface area contributed by atoms with Crippen molar-refractivity contribution in [2.24, 2.45) is 0 Å². The van der Waals surface area contributed by atoms with E-state index < -0.39 is 0 Å². The van der Waals surface area contributed by atoms with E-state index in [4.69, 9.17) is 16.1 Å². The highest BCUT2D eigenvalue weighted by Gasteiger charge is 2.11. The van der Waals surface area contributed by atoms with Gasteiger partial charge in [0.1, 0.15) is 11.3 Å². The van der Waals surface area contributed by atoms with Crippen molar-refractivity contribution in [2.75, 3.05) is 0 Å². The zero-order chi connectivity index (χ0) is 11.8. The zero-order valence-corrected chi connectivity index (χ0v) is 9.48. The summed E-state index contributed by atoms with van der Waals surface area (Å²) in [5, 5.41) is 14.9. The molecule has 0 radical (unpaired) electrons. The van der Waals surface area contributed by atoms with E-state index >= 15 is 0 Å². The van der Waals surface area contributed by atoms with Crippen molar-refractivity contribution in [1.82, 2.24) is 5.16 Å². The maximum Gasteiger partial charge on any atom is 0.174 e. The van der Waals surface area contributed by atoms with E-state index in [1.165, 1.54) is 0 Å². The molecule has 0 fully saturated rings. The Hall–Kier alpha value is -2.00. The Morgan fingerprint density at radius 3 is 2.82 bits per heavy atom. The zero-order valence-electron chi connectivity index (χ0n) is 8.72. The van der Waals surface area contributed by atoms with E-state index in [0.29, 0.717) is 10.8 Å². The van der Waals surface area contributed by atoms with Gasteiger partial charge in [-0.25, -0.2) is 0 Å². The predicted octanol–water partition coefficient (Wildman–Crippen LogP) is 3.85. The minimum Gasteiger partial charge on any atom is -0.508 e. The number of aromatic nitrogens is 1. The van der Waals surface area contributed by atoms with Gasteiger partial charge in [-0.1, -0.05) is 28.9 Å². The number of hydrogen-bond donors (Lipinski definition) is 1. The van der Waals surface area contributed by atoms with Gasteiger partial charge in [-0.2, -0.15) is 0 Å². The predicted molar refractivity (Wildman–Crippen MR) is 66.1 cm³/mol. The first kappa shape index (κ1) is 10.2. The fourth-order valence-electron chi connectivity index (χ4n) is 1.77. The molecule has 0 saturated carbocycles. The number of halogens is 1. The summed E-state index contributed by atoms with van der Waals surface area (Å²) in [6, 6.07) is 12.2. The summed E-state index contributed by atoms with van der Waals surface area (Å²) in [5.41, 5.74) is 1.52. The molecular formula is C13H8ClNO2. The number of phenolic OH excluding ortho intramolecular Hbond substituents is 1. The van der Waals surface area contributed by atoms with Gasteiger partial charge in [-0.15, -0.1) is 0 Å². The fourth-order valence-corrected chi connectivity index (χ4v) is 1.94. The van der Waals surface area contributed by atoms with Crippen LogP contribution in [0.4, 0.5) is 0 Å². The SMILES string of the molecule is Oc1cccc(-c2onc3ccc(Cl)cc23)c1. The van der Waals surface area contributed by atoms with Gasteiger partial charge in [0.05, 0.1) is 5.39 Å². The van der Waals surface area contributed by atoms with Gasteiger partial charge in [0, 0.05) is 10.6 Å². The minimum absolute atomic E-state index is 0.189. The highest BCUT2D eigenvalue weighted by molar-refractivity contribution is 6.31. The molecule has 0 aliphatic rings. The molecule has 3 aromatic rings. The van der Waals surface area contributed by atoms with Crippen molar-refractivity contribution in [3.8, 4) is 17.1 Å². The van der Waals surface area contributed by atoms with Gasteiger partial charge in [0.25, 0.3) is 0 Å². The van der Waals surface area contributed by atoms with Crippen LogP contribution in [0, 0.1) is 0 Å². The molecule has 0 atom stereocenters. The molecule has 17 heavy (non-hydrogen) atoms. The van der Waals surface area contributed by atoms with E-state index in [1.807, 2.05) is 6.07 Å². The lowest BCUT2D eigenvalue weighted by atomic mass is 10.1. The van der Waals surface area contributed by atoms with Crippen LogP contribution in [0.3, 0.4) is 0 Å². The van der Waals surface area contributed by atoms with Crippen LogP contribution >= 0.6 is 11.6 Å². The first-order chi connectivity index (χ1) is 8.24. The van der Waals surface area contributed by atoms with Gasteiger partial charge in [-0.3, -0.25) is 0 Å². The normalized spacial score (nSPS) is 10.9. The Kier molecular flexibility index (Phi) is 2.27. The molecule has 1 aromatic heterocycles. The number of hydrogen-bond acceptors (Lipinski definition) is 3. The average Bonchev–Trinajstić information content (AvgIpc) is 2.71. The summed E-state index contributed by atoms with van der Waals surface area (Å²) in [5.74, 6) is 0.799. The van der Waals surface area contributed by atoms with E-state index in [9.17, 15) is 5.11 Å². The van der Waals surface area contributed by atoms with Crippen molar-refractivity contribution >= 4 is 22.5 Å². The molecule has 1 N–H and O–H groups in total. The Morgan fingerprint density at radius 2 is 2.00 bits per heavy atom. The number of rotatable bonds is 1. The quantitative estimate of drug-likeness (QED) is 0.708. The van der Waals surface area contributed by atoms with Crippen LogP contribution in [0.15, 0.2) is 47.0 Å². The summed E-state index contributed by atoms with van der Waals surface area (Å²) >= 11 is 5.95.